The topological polar surface area (TPSA) is 423 Å². The summed E-state index contributed by atoms with van der Waals surface area (Å²) in [4.78, 5) is 128. The molecule has 0 bridgehead atoms. The van der Waals surface area contributed by atoms with Gasteiger partial charge in [-0.2, -0.15) is 0 Å². The maximum Gasteiger partial charge on any atom is 0.326 e. The monoisotopic (exact) mass is 923 g/mol. The highest BCUT2D eigenvalue weighted by atomic mass is 16.4. The summed E-state index contributed by atoms with van der Waals surface area (Å²) < 4.78 is 0. The van der Waals surface area contributed by atoms with Crippen LogP contribution < -0.4 is 60.2 Å². The molecule has 18 N–H and O–H groups in total. The molecule has 0 fully saturated rings. The molecule has 25 heteroatoms. The Morgan fingerprint density at radius 1 is 0.662 bits per heavy atom. The van der Waals surface area contributed by atoms with E-state index in [2.05, 4.69) is 52.2 Å². The van der Waals surface area contributed by atoms with Gasteiger partial charge in [-0.05, 0) is 64.3 Å². The van der Waals surface area contributed by atoms with Crippen LogP contribution in [0.5, 0.6) is 0 Å². The highest BCUT2D eigenvalue weighted by molar-refractivity contribution is 5.98. The van der Waals surface area contributed by atoms with Gasteiger partial charge < -0.3 is 75.3 Å². The van der Waals surface area contributed by atoms with E-state index in [1.165, 1.54) is 26.4 Å². The number of carbonyl (C=O) groups excluding carboxylic acids is 7. The van der Waals surface area contributed by atoms with Crippen molar-refractivity contribution in [3.63, 3.8) is 0 Å². The fraction of sp³-hybridized carbons (Fsp3) is 0.675. The summed E-state index contributed by atoms with van der Waals surface area (Å²) in [5.74, 6) is -9.68. The second kappa shape index (κ2) is 29.1. The number of carbonyl (C=O) groups is 9. The zero-order valence-corrected chi connectivity index (χ0v) is 38.0. The SMILES string of the molecule is CCC(C)C(NC(=O)C(Cc1cnc[nH]1)NC(=O)C(CCCCN)NC(=O)C(C)NC(=O)C(C)NC(=O)C(CC(=O)O)NC(=O)C(NC(=O)C(N)CCCN=C(N)N)C(C)CC)C(=O)O. The number of hydrogen-bond donors (Lipinski definition) is 14. The summed E-state index contributed by atoms with van der Waals surface area (Å²) in [6.45, 7) is 9.88. The van der Waals surface area contributed by atoms with E-state index in [9.17, 15) is 53.4 Å². The summed E-state index contributed by atoms with van der Waals surface area (Å²) >= 11 is 0. The summed E-state index contributed by atoms with van der Waals surface area (Å²) in [5, 5.41) is 36.7. The minimum atomic E-state index is -1.70. The van der Waals surface area contributed by atoms with Crippen LogP contribution in [0.3, 0.4) is 0 Å². The fourth-order valence-electron chi connectivity index (χ4n) is 6.13. The molecule has 7 amide bonds. The lowest BCUT2D eigenvalue weighted by molar-refractivity contribution is -0.144. The lowest BCUT2D eigenvalue weighted by atomic mass is 9.97. The van der Waals surface area contributed by atoms with Crippen LogP contribution in [0.4, 0.5) is 0 Å². The molecule has 1 heterocycles. The number of carboxylic acid groups (broad SMARTS) is 2. The van der Waals surface area contributed by atoms with Crippen molar-refractivity contribution in [2.24, 2.45) is 39.8 Å². The van der Waals surface area contributed by atoms with E-state index < -0.39 is 120 Å². The van der Waals surface area contributed by atoms with Gasteiger partial charge in [0.05, 0.1) is 18.8 Å². The van der Waals surface area contributed by atoms with Crippen LogP contribution in [0.25, 0.3) is 0 Å². The third-order valence-electron chi connectivity index (χ3n) is 10.6. The third kappa shape index (κ3) is 20.8. The Balaban J connectivity index is 3.11. The summed E-state index contributed by atoms with van der Waals surface area (Å²) in [6, 6.07) is -10.5. The van der Waals surface area contributed by atoms with Crippen molar-refractivity contribution in [3.8, 4) is 0 Å². The van der Waals surface area contributed by atoms with Gasteiger partial charge in [-0.1, -0.05) is 40.5 Å². The number of hydrogen-bond acceptors (Lipinski definition) is 13. The highest BCUT2D eigenvalue weighted by Crippen LogP contribution is 2.12. The van der Waals surface area contributed by atoms with Gasteiger partial charge in [0.1, 0.15) is 42.3 Å². The number of rotatable bonds is 31. The molecule has 366 valence electrons. The minimum absolute atomic E-state index is 0.0661. The standard InChI is InChI=1S/C40H70N14O11/c1-7-20(3)30(53-34(59)25(42)12-11-15-46-40(43)44)38(63)52-28(17-29(55)56)36(61)49-22(5)32(57)48-23(6)33(58)50-26(13-9-10-14-41)35(60)51-27(16-24-18-45-19-47-24)37(62)54-31(39(64)65)21(4)8-2/h18-23,25-28,30-31H,7-17,41-42H2,1-6H3,(H,45,47)(H,48,57)(H,49,61)(H,50,58)(H,51,60)(H,52,63)(H,53,59)(H,54,62)(H,55,56)(H,64,65)(H4,43,44,46). The fourth-order valence-corrected chi connectivity index (χ4v) is 6.13. The maximum atomic E-state index is 13.7. The molecule has 10 atom stereocenters. The molecule has 65 heavy (non-hydrogen) atoms. The quantitative estimate of drug-likeness (QED) is 0.0196. The average molecular weight is 923 g/mol. The molecule has 0 radical (unpaired) electrons. The molecule has 0 saturated heterocycles. The van der Waals surface area contributed by atoms with Crippen molar-refractivity contribution in [2.75, 3.05) is 13.1 Å². The number of nitrogens with two attached hydrogens (primary N) is 4. The molecule has 0 spiro atoms. The van der Waals surface area contributed by atoms with Gasteiger partial charge in [-0.3, -0.25) is 43.3 Å². The summed E-state index contributed by atoms with van der Waals surface area (Å²) in [5.41, 5.74) is 22.7. The zero-order valence-electron chi connectivity index (χ0n) is 38.0. The molecule has 0 saturated carbocycles. The Labute approximate surface area is 378 Å². The van der Waals surface area contributed by atoms with Gasteiger partial charge in [0.15, 0.2) is 5.96 Å². The van der Waals surface area contributed by atoms with E-state index in [-0.39, 0.29) is 38.3 Å². The lowest BCUT2D eigenvalue weighted by Crippen LogP contribution is -2.60. The molecule has 0 aliphatic carbocycles. The molecule has 10 unspecified atom stereocenters. The van der Waals surface area contributed by atoms with Crippen molar-refractivity contribution >= 4 is 59.2 Å². The van der Waals surface area contributed by atoms with Crippen molar-refractivity contribution < 1.29 is 53.4 Å². The Kier molecular flexibility index (Phi) is 25.4. The van der Waals surface area contributed by atoms with Crippen molar-refractivity contribution in [2.45, 2.75) is 148 Å². The molecular weight excluding hydrogens is 853 g/mol. The van der Waals surface area contributed by atoms with Gasteiger partial charge in [0, 0.05) is 24.9 Å². The number of carboxylic acids is 2. The van der Waals surface area contributed by atoms with Crippen LogP contribution in [0, 0.1) is 11.8 Å². The number of nitrogens with one attached hydrogen (secondary N) is 8. The Hall–Kier alpha value is -6.37. The van der Waals surface area contributed by atoms with Crippen LogP contribution in [-0.2, 0) is 49.6 Å². The maximum absolute atomic E-state index is 13.7. The number of H-pyrrole nitrogens is 1. The van der Waals surface area contributed by atoms with E-state index in [1.54, 1.807) is 27.7 Å². The van der Waals surface area contributed by atoms with E-state index >= 15 is 0 Å². The molecule has 1 rings (SSSR count). The Morgan fingerprint density at radius 3 is 1.72 bits per heavy atom. The van der Waals surface area contributed by atoms with Crippen LogP contribution >= 0.6 is 0 Å². The largest absolute Gasteiger partial charge is 0.481 e. The van der Waals surface area contributed by atoms with Crippen molar-refractivity contribution in [3.05, 3.63) is 18.2 Å². The zero-order chi connectivity index (χ0) is 49.4. The number of aliphatic imine (C=N–C) groups is 1. The third-order valence-corrected chi connectivity index (χ3v) is 10.6. The predicted molar refractivity (Wildman–Crippen MR) is 237 cm³/mol. The molecule has 0 aliphatic rings. The summed E-state index contributed by atoms with van der Waals surface area (Å²) in [7, 11) is 0. The van der Waals surface area contributed by atoms with Crippen LogP contribution in [0.15, 0.2) is 17.5 Å². The first-order valence-electron chi connectivity index (χ1n) is 21.6. The highest BCUT2D eigenvalue weighted by Gasteiger charge is 2.35. The van der Waals surface area contributed by atoms with E-state index in [0.717, 1.165) is 0 Å². The number of guanidine groups is 1. The van der Waals surface area contributed by atoms with Crippen LogP contribution in [-0.4, -0.2) is 141 Å². The molecular formula is C40H70N14O11. The Bertz CT molecular complexity index is 1780. The number of amides is 7. The van der Waals surface area contributed by atoms with Gasteiger partial charge in [-0.15, -0.1) is 0 Å². The van der Waals surface area contributed by atoms with Crippen LogP contribution in [0.1, 0.15) is 98.6 Å². The smallest absolute Gasteiger partial charge is 0.326 e. The minimum Gasteiger partial charge on any atom is -0.481 e. The molecule has 25 nitrogen and oxygen atoms in total. The first-order chi connectivity index (χ1) is 30.6. The lowest BCUT2D eigenvalue weighted by Gasteiger charge is -2.28. The molecule has 0 aromatic carbocycles. The predicted octanol–water partition coefficient (Wildman–Crippen LogP) is -3.45. The molecule has 0 aliphatic heterocycles. The van der Waals surface area contributed by atoms with Gasteiger partial charge in [-0.25, -0.2) is 9.78 Å². The van der Waals surface area contributed by atoms with Crippen LogP contribution in [0.2, 0.25) is 0 Å². The Morgan fingerprint density at radius 2 is 1.18 bits per heavy atom. The number of aromatic nitrogens is 2. The molecule has 1 aromatic heterocycles. The second-order valence-corrected chi connectivity index (χ2v) is 15.9. The van der Waals surface area contributed by atoms with Crippen molar-refractivity contribution in [1.82, 2.24) is 47.2 Å². The normalized spacial score (nSPS) is 15.6. The van der Waals surface area contributed by atoms with E-state index in [1.807, 2.05) is 0 Å². The van der Waals surface area contributed by atoms with Gasteiger partial charge in [0.25, 0.3) is 0 Å². The van der Waals surface area contributed by atoms with Crippen molar-refractivity contribution in [1.29, 1.82) is 0 Å². The van der Waals surface area contributed by atoms with Gasteiger partial charge >= 0.3 is 11.9 Å². The average Bonchev–Trinajstić information content (AvgIpc) is 3.77. The number of aromatic amines is 1. The van der Waals surface area contributed by atoms with E-state index in [4.69, 9.17) is 22.9 Å². The summed E-state index contributed by atoms with van der Waals surface area (Å²) in [6.07, 6.45) is 4.09. The van der Waals surface area contributed by atoms with E-state index in [0.29, 0.717) is 37.8 Å². The molecule has 1 aromatic rings. The number of aliphatic carboxylic acids is 2. The first-order valence-corrected chi connectivity index (χ1v) is 21.6. The number of imidazole rings is 1. The number of nitrogens with zero attached hydrogens (tertiary/aromatic N) is 2. The van der Waals surface area contributed by atoms with Gasteiger partial charge in [0.2, 0.25) is 41.4 Å². The number of unbranched alkanes of at least 4 members (excludes halogenated alkanes) is 1. The first kappa shape index (κ1) is 56.6. The second-order valence-electron chi connectivity index (χ2n) is 15.9.